The van der Waals surface area contributed by atoms with Gasteiger partial charge in [-0.15, -0.1) is 0 Å². The Balaban J connectivity index is 2.18. The molecule has 0 aliphatic heterocycles. The minimum absolute atomic E-state index is 0.0788. The summed E-state index contributed by atoms with van der Waals surface area (Å²) in [7, 11) is -1.99. The molecule has 0 bridgehead atoms. The van der Waals surface area contributed by atoms with E-state index in [0.717, 1.165) is 12.3 Å². The quantitative estimate of drug-likeness (QED) is 0.674. The Labute approximate surface area is 163 Å². The third-order valence-electron chi connectivity index (χ3n) is 3.07. The molecule has 0 aromatic carbocycles. The van der Waals surface area contributed by atoms with Gasteiger partial charge in [0, 0.05) is 18.3 Å². The smallest absolute Gasteiger partial charge is 0.422 e. The minimum atomic E-state index is -4.70. The van der Waals surface area contributed by atoms with Crippen LogP contribution in [0.25, 0.3) is 0 Å². The van der Waals surface area contributed by atoms with E-state index < -0.39 is 39.6 Å². The summed E-state index contributed by atoms with van der Waals surface area (Å²) in [6.45, 7) is -1.74. The second-order valence-electron chi connectivity index (χ2n) is 5.20. The van der Waals surface area contributed by atoms with Crippen LogP contribution < -0.4 is 24.2 Å². The molecule has 0 radical (unpaired) electrons. The van der Waals surface area contributed by atoms with Gasteiger partial charge in [-0.3, -0.25) is 5.32 Å². The second kappa shape index (κ2) is 8.81. The number of aromatic nitrogens is 2. The van der Waals surface area contributed by atoms with Crippen molar-refractivity contribution in [3.05, 3.63) is 30.5 Å². The van der Waals surface area contributed by atoms with Crippen molar-refractivity contribution in [2.45, 2.75) is 11.2 Å². The third-order valence-corrected chi connectivity index (χ3v) is 4.34. The van der Waals surface area contributed by atoms with Gasteiger partial charge in [0.2, 0.25) is 10.9 Å². The number of hydrogen-bond acceptors (Lipinski definition) is 8. The van der Waals surface area contributed by atoms with Gasteiger partial charge >= 0.3 is 12.2 Å². The molecule has 0 atom stereocenters. The van der Waals surface area contributed by atoms with E-state index in [-0.39, 0.29) is 17.4 Å². The van der Waals surface area contributed by atoms with Crippen LogP contribution in [0.5, 0.6) is 17.4 Å². The van der Waals surface area contributed by atoms with Crippen molar-refractivity contribution in [3.8, 4) is 17.4 Å². The number of carbonyl (C=O) groups is 1. The summed E-state index contributed by atoms with van der Waals surface area (Å²) in [4.78, 5) is 19.4. The molecular weight excluding hydrogens is 421 g/mol. The van der Waals surface area contributed by atoms with E-state index in [2.05, 4.69) is 20.0 Å². The van der Waals surface area contributed by atoms with Crippen LogP contribution in [0.2, 0.25) is 0 Å². The molecule has 2 aromatic heterocycles. The third kappa shape index (κ3) is 6.38. The van der Waals surface area contributed by atoms with Gasteiger partial charge in [0.05, 0.1) is 14.2 Å². The van der Waals surface area contributed by atoms with Crippen LogP contribution in [0.4, 0.5) is 23.8 Å². The molecule has 0 unspecified atom stereocenters. The minimum Gasteiger partial charge on any atom is -0.496 e. The predicted octanol–water partition coefficient (Wildman–Crippen LogP) is 1.95. The number of pyridine rings is 2. The summed E-state index contributed by atoms with van der Waals surface area (Å²) in [5.74, 6) is -0.438. The summed E-state index contributed by atoms with van der Waals surface area (Å²) in [6, 6.07) is 3.60. The van der Waals surface area contributed by atoms with E-state index in [1.54, 1.807) is 4.72 Å². The highest BCUT2D eigenvalue weighted by molar-refractivity contribution is 7.90. The van der Waals surface area contributed by atoms with Gasteiger partial charge in [-0.1, -0.05) is 0 Å². The molecule has 14 heteroatoms. The fraction of sp³-hybridized carbons (Fsp3) is 0.267. The molecule has 0 fully saturated rings. The average Bonchev–Trinajstić information content (AvgIpc) is 2.65. The number of nitrogens with one attached hydrogen (secondary N) is 2. The van der Waals surface area contributed by atoms with Crippen molar-refractivity contribution in [1.29, 1.82) is 0 Å². The number of alkyl halides is 3. The lowest BCUT2D eigenvalue weighted by atomic mass is 10.4. The second-order valence-corrected chi connectivity index (χ2v) is 6.80. The fourth-order valence-electron chi connectivity index (χ4n) is 1.93. The largest absolute Gasteiger partial charge is 0.496 e. The molecule has 0 aliphatic carbocycles. The lowest BCUT2D eigenvalue weighted by Crippen LogP contribution is -2.35. The molecule has 2 aromatic rings. The van der Waals surface area contributed by atoms with Crippen molar-refractivity contribution in [3.63, 3.8) is 0 Å². The summed E-state index contributed by atoms with van der Waals surface area (Å²) in [5, 5.41) is 1.25. The number of hydrogen-bond donors (Lipinski definition) is 2. The molecular formula is C15H15F3N4O6S. The highest BCUT2D eigenvalue weighted by Crippen LogP contribution is 2.24. The summed E-state index contributed by atoms with van der Waals surface area (Å²) in [6.07, 6.45) is -3.68. The molecule has 0 spiro atoms. The number of urea groups is 1. The maximum absolute atomic E-state index is 12.4. The van der Waals surface area contributed by atoms with Gasteiger partial charge in [-0.05, 0) is 12.1 Å². The van der Waals surface area contributed by atoms with Crippen LogP contribution >= 0.6 is 0 Å². The zero-order valence-corrected chi connectivity index (χ0v) is 15.8. The molecule has 2 N–H and O–H groups in total. The van der Waals surface area contributed by atoms with Crippen molar-refractivity contribution >= 4 is 21.9 Å². The number of halogens is 3. The number of ether oxygens (including phenoxy) is 3. The highest BCUT2D eigenvalue weighted by Gasteiger charge is 2.31. The predicted molar refractivity (Wildman–Crippen MR) is 92.5 cm³/mol. The van der Waals surface area contributed by atoms with Gasteiger partial charge in [0.25, 0.3) is 10.0 Å². The number of rotatable bonds is 7. The van der Waals surface area contributed by atoms with E-state index in [9.17, 15) is 26.4 Å². The van der Waals surface area contributed by atoms with E-state index in [4.69, 9.17) is 9.47 Å². The van der Waals surface area contributed by atoms with Crippen LogP contribution in [-0.4, -0.2) is 51.4 Å². The van der Waals surface area contributed by atoms with Gasteiger partial charge in [-0.25, -0.2) is 14.5 Å². The molecule has 2 rings (SSSR count). The first-order valence-corrected chi connectivity index (χ1v) is 9.11. The topological polar surface area (TPSA) is 129 Å². The lowest BCUT2D eigenvalue weighted by molar-refractivity contribution is -0.153. The molecule has 10 nitrogen and oxygen atoms in total. The molecule has 158 valence electrons. The Bertz CT molecular complexity index is 962. The zero-order chi connectivity index (χ0) is 21.7. The molecule has 0 aliphatic rings. The maximum atomic E-state index is 12.4. The Morgan fingerprint density at radius 1 is 1.21 bits per heavy atom. The number of sulfonamides is 1. The zero-order valence-electron chi connectivity index (χ0n) is 15.0. The lowest BCUT2D eigenvalue weighted by Gasteiger charge is -2.13. The summed E-state index contributed by atoms with van der Waals surface area (Å²) in [5.41, 5.74) is 0. The first kappa shape index (κ1) is 22.0. The maximum Gasteiger partial charge on any atom is 0.422 e. The highest BCUT2D eigenvalue weighted by atomic mass is 32.2. The van der Waals surface area contributed by atoms with Crippen LogP contribution in [0.1, 0.15) is 0 Å². The van der Waals surface area contributed by atoms with Crippen molar-refractivity contribution < 1.29 is 40.6 Å². The molecule has 29 heavy (non-hydrogen) atoms. The van der Waals surface area contributed by atoms with Crippen molar-refractivity contribution in [2.24, 2.45) is 0 Å². The number of anilines is 1. The number of amides is 2. The molecule has 2 heterocycles. The molecule has 0 saturated heterocycles. The van der Waals surface area contributed by atoms with Crippen LogP contribution in [0, 0.1) is 0 Å². The van der Waals surface area contributed by atoms with Crippen molar-refractivity contribution in [2.75, 3.05) is 26.1 Å². The van der Waals surface area contributed by atoms with Gasteiger partial charge in [-0.2, -0.15) is 26.6 Å². The first-order valence-electron chi connectivity index (χ1n) is 7.62. The van der Waals surface area contributed by atoms with E-state index >= 15 is 0 Å². The monoisotopic (exact) mass is 436 g/mol. The Morgan fingerprint density at radius 3 is 2.55 bits per heavy atom. The van der Waals surface area contributed by atoms with Crippen molar-refractivity contribution in [1.82, 2.24) is 14.7 Å². The number of carbonyl (C=O) groups excluding carboxylic acids is 1. The van der Waals surface area contributed by atoms with E-state index in [1.807, 2.05) is 0 Å². The number of nitrogens with zero attached hydrogens (tertiary/aromatic N) is 2. The molecule has 2 amide bonds. The van der Waals surface area contributed by atoms with Crippen LogP contribution in [0.3, 0.4) is 0 Å². The molecule has 0 saturated carbocycles. The normalized spacial score (nSPS) is 11.5. The van der Waals surface area contributed by atoms with Gasteiger partial charge < -0.3 is 14.2 Å². The average molecular weight is 436 g/mol. The Hall–Kier alpha value is -3.29. The van der Waals surface area contributed by atoms with Crippen LogP contribution in [0.15, 0.2) is 35.5 Å². The van der Waals surface area contributed by atoms with Crippen LogP contribution in [-0.2, 0) is 10.0 Å². The van der Waals surface area contributed by atoms with E-state index in [1.165, 1.54) is 32.4 Å². The standard InChI is InChI=1S/C15H15F3N4O6S/c1-26-9-6-11(20-12(7-9)27-2)21-14(23)22-29(24,25)13-10(4-3-5-19-13)28-8-15(16,17)18/h3-7H,8H2,1-2H3,(H2,20,21,22,23). The Morgan fingerprint density at radius 2 is 1.93 bits per heavy atom. The Kier molecular flexibility index (Phi) is 6.68. The SMILES string of the molecule is COc1cc(NC(=O)NS(=O)(=O)c2ncccc2OCC(F)(F)F)nc(OC)c1. The van der Waals surface area contributed by atoms with Gasteiger partial charge in [0.15, 0.2) is 12.4 Å². The summed E-state index contributed by atoms with van der Waals surface area (Å²) >= 11 is 0. The van der Waals surface area contributed by atoms with E-state index in [0.29, 0.717) is 0 Å². The summed E-state index contributed by atoms with van der Waals surface area (Å²) < 4.78 is 77.7. The number of methoxy groups -OCH3 is 2. The van der Waals surface area contributed by atoms with Gasteiger partial charge in [0.1, 0.15) is 11.6 Å². The fourth-order valence-corrected chi connectivity index (χ4v) is 2.91. The first-order chi connectivity index (χ1) is 13.5.